The van der Waals surface area contributed by atoms with Crippen LogP contribution in [0.3, 0.4) is 0 Å². The summed E-state index contributed by atoms with van der Waals surface area (Å²) >= 11 is 0. The fraction of sp³-hybridized carbons (Fsp3) is 0.455. The number of carbonyl (C=O) groups excluding carboxylic acids is 1. The molecule has 0 radical (unpaired) electrons. The molecule has 0 bridgehead atoms. The largest absolute Gasteiger partial charge is 0.497 e. The molecule has 0 spiro atoms. The quantitative estimate of drug-likeness (QED) is 0.800. The van der Waals surface area contributed by atoms with Gasteiger partial charge in [-0.15, -0.1) is 0 Å². The third-order valence-electron chi connectivity index (χ3n) is 5.63. The van der Waals surface area contributed by atoms with E-state index >= 15 is 0 Å². The molecule has 1 aromatic carbocycles. The highest BCUT2D eigenvalue weighted by atomic mass is 16.5. The topological polar surface area (TPSA) is 59.4 Å². The number of rotatable bonds is 7. The minimum Gasteiger partial charge on any atom is -0.497 e. The molecule has 1 N–H and O–H groups in total. The van der Waals surface area contributed by atoms with Gasteiger partial charge in [0.1, 0.15) is 5.75 Å². The number of hydrogen-bond donors (Lipinski definition) is 1. The van der Waals surface area contributed by atoms with Crippen LogP contribution < -0.4 is 10.1 Å². The van der Waals surface area contributed by atoms with Crippen LogP contribution in [0.4, 0.5) is 0 Å². The Labute approximate surface area is 167 Å². The highest BCUT2D eigenvalue weighted by Gasteiger charge is 2.39. The van der Waals surface area contributed by atoms with Crippen molar-refractivity contribution in [3.63, 3.8) is 0 Å². The van der Waals surface area contributed by atoms with Gasteiger partial charge in [-0.05, 0) is 31.5 Å². The number of likely N-dealkylation sites (tertiary alicyclic amines) is 1. The van der Waals surface area contributed by atoms with Crippen molar-refractivity contribution in [1.29, 1.82) is 0 Å². The molecule has 2 atom stereocenters. The first-order chi connectivity index (χ1) is 13.4. The number of methoxy groups -OCH3 is 1. The molecule has 0 saturated carbocycles. The molecule has 2 aromatic rings. The van der Waals surface area contributed by atoms with Crippen molar-refractivity contribution in [1.82, 2.24) is 20.0 Å². The Morgan fingerprint density at radius 1 is 1.32 bits per heavy atom. The van der Waals surface area contributed by atoms with Gasteiger partial charge in [-0.2, -0.15) is 5.10 Å². The predicted octanol–water partition coefficient (Wildman–Crippen LogP) is 2.95. The maximum absolute atomic E-state index is 12.3. The third kappa shape index (κ3) is 4.28. The second-order valence-corrected chi connectivity index (χ2v) is 7.62. The van der Waals surface area contributed by atoms with Gasteiger partial charge >= 0.3 is 0 Å². The molecule has 6 nitrogen and oxygen atoms in total. The number of aryl methyl sites for hydroxylation is 1. The minimum atomic E-state index is 0.0829. The summed E-state index contributed by atoms with van der Waals surface area (Å²) in [6.07, 6.45) is 4.64. The van der Waals surface area contributed by atoms with E-state index in [4.69, 9.17) is 4.74 Å². The number of amides is 1. The van der Waals surface area contributed by atoms with Gasteiger partial charge in [-0.3, -0.25) is 9.48 Å². The van der Waals surface area contributed by atoms with E-state index in [1.54, 1.807) is 7.11 Å². The van der Waals surface area contributed by atoms with Crippen molar-refractivity contribution >= 4 is 12.0 Å². The molecule has 1 aliphatic heterocycles. The van der Waals surface area contributed by atoms with Crippen molar-refractivity contribution < 1.29 is 9.53 Å². The molecular formula is C22H30N4O2. The highest BCUT2D eigenvalue weighted by molar-refractivity contribution is 5.79. The van der Waals surface area contributed by atoms with Gasteiger partial charge in [0.05, 0.1) is 19.3 Å². The Bertz CT molecular complexity index is 854. The lowest BCUT2D eigenvalue weighted by atomic mass is 9.94. The van der Waals surface area contributed by atoms with Crippen LogP contribution in [0, 0.1) is 12.8 Å². The van der Waals surface area contributed by atoms with E-state index in [-0.39, 0.29) is 17.9 Å². The van der Waals surface area contributed by atoms with E-state index in [1.807, 2.05) is 54.1 Å². The van der Waals surface area contributed by atoms with Crippen LogP contribution in [-0.2, 0) is 11.8 Å². The number of benzene rings is 1. The molecule has 0 unspecified atom stereocenters. The Morgan fingerprint density at radius 2 is 2.04 bits per heavy atom. The molecule has 1 amide bonds. The van der Waals surface area contributed by atoms with E-state index < -0.39 is 0 Å². The second-order valence-electron chi connectivity index (χ2n) is 7.62. The van der Waals surface area contributed by atoms with Gasteiger partial charge in [0, 0.05) is 50.8 Å². The second kappa shape index (κ2) is 8.61. The summed E-state index contributed by atoms with van der Waals surface area (Å²) < 4.78 is 7.07. The van der Waals surface area contributed by atoms with E-state index in [0.717, 1.165) is 35.7 Å². The Kier molecular flexibility index (Phi) is 6.19. The first-order valence-electron chi connectivity index (χ1n) is 9.66. The van der Waals surface area contributed by atoms with Gasteiger partial charge in [-0.25, -0.2) is 0 Å². The fourth-order valence-corrected chi connectivity index (χ4v) is 3.89. The van der Waals surface area contributed by atoms with Crippen LogP contribution in [0.5, 0.6) is 5.75 Å². The molecule has 150 valence electrons. The van der Waals surface area contributed by atoms with Gasteiger partial charge < -0.3 is 15.0 Å². The van der Waals surface area contributed by atoms with Crippen molar-refractivity contribution in [3.05, 3.63) is 52.9 Å². The molecule has 28 heavy (non-hydrogen) atoms. The standard InChI is InChI=1S/C22H30N4O2/c1-15(10-17-6-8-19(28-5)9-7-17)12-23-13-18-11-21(27)25(3)22(18)20-14-24-26(4)16(20)2/h6-10,14,18,22-23H,11-13H2,1-5H3/b15-10+/t18-,22+/m0/s1. The average molecular weight is 383 g/mol. The van der Waals surface area contributed by atoms with Crippen LogP contribution in [0.2, 0.25) is 0 Å². The fourth-order valence-electron chi connectivity index (χ4n) is 3.89. The minimum absolute atomic E-state index is 0.0829. The predicted molar refractivity (Wildman–Crippen MR) is 111 cm³/mol. The third-order valence-corrected chi connectivity index (χ3v) is 5.63. The number of hydrogen-bond acceptors (Lipinski definition) is 4. The van der Waals surface area contributed by atoms with Crippen LogP contribution in [0.25, 0.3) is 6.08 Å². The first kappa shape index (κ1) is 20.1. The molecule has 1 aliphatic rings. The smallest absolute Gasteiger partial charge is 0.223 e. The molecule has 3 rings (SSSR count). The Morgan fingerprint density at radius 3 is 2.64 bits per heavy atom. The zero-order valence-electron chi connectivity index (χ0n) is 17.4. The van der Waals surface area contributed by atoms with Crippen LogP contribution in [-0.4, -0.2) is 47.8 Å². The van der Waals surface area contributed by atoms with Crippen molar-refractivity contribution in [2.24, 2.45) is 13.0 Å². The number of nitrogens with zero attached hydrogens (tertiary/aromatic N) is 3. The Balaban J connectivity index is 1.61. The van der Waals surface area contributed by atoms with Gasteiger partial charge in [0.15, 0.2) is 0 Å². The van der Waals surface area contributed by atoms with E-state index in [9.17, 15) is 4.79 Å². The summed E-state index contributed by atoms with van der Waals surface area (Å²) in [5, 5.41) is 7.90. The summed E-state index contributed by atoms with van der Waals surface area (Å²) in [6, 6.07) is 8.11. The summed E-state index contributed by atoms with van der Waals surface area (Å²) in [5.74, 6) is 1.31. The van der Waals surface area contributed by atoms with Crippen molar-refractivity contribution in [2.45, 2.75) is 26.3 Å². The zero-order valence-corrected chi connectivity index (χ0v) is 17.4. The number of ether oxygens (including phenoxy) is 1. The van der Waals surface area contributed by atoms with Crippen LogP contribution in [0.15, 0.2) is 36.0 Å². The average Bonchev–Trinajstić information content (AvgIpc) is 3.14. The van der Waals surface area contributed by atoms with Crippen LogP contribution >= 0.6 is 0 Å². The molecule has 1 saturated heterocycles. The highest BCUT2D eigenvalue weighted by Crippen LogP contribution is 2.37. The summed E-state index contributed by atoms with van der Waals surface area (Å²) in [5.41, 5.74) is 4.66. The van der Waals surface area contributed by atoms with Gasteiger partial charge in [0.25, 0.3) is 0 Å². The number of carbonyl (C=O) groups is 1. The van der Waals surface area contributed by atoms with Crippen LogP contribution in [0.1, 0.15) is 36.2 Å². The van der Waals surface area contributed by atoms with Crippen molar-refractivity contribution in [3.8, 4) is 5.75 Å². The lowest BCUT2D eigenvalue weighted by Gasteiger charge is -2.25. The maximum Gasteiger partial charge on any atom is 0.223 e. The SMILES string of the molecule is COc1ccc(/C=C(\C)CNC[C@@H]2CC(=O)N(C)[C@H]2c2cnn(C)c2C)cc1. The molecule has 2 heterocycles. The molecular weight excluding hydrogens is 352 g/mol. The van der Waals surface area contributed by atoms with E-state index in [1.165, 1.54) is 5.57 Å². The number of nitrogens with one attached hydrogen (secondary N) is 1. The Hall–Kier alpha value is -2.60. The van der Waals surface area contributed by atoms with Gasteiger partial charge in [0.2, 0.25) is 5.91 Å². The van der Waals surface area contributed by atoms with Gasteiger partial charge in [-0.1, -0.05) is 23.8 Å². The zero-order chi connectivity index (χ0) is 20.3. The molecule has 1 aromatic heterocycles. The maximum atomic E-state index is 12.3. The molecule has 0 aliphatic carbocycles. The van der Waals surface area contributed by atoms with E-state index in [2.05, 4.69) is 30.3 Å². The summed E-state index contributed by atoms with van der Waals surface area (Å²) in [6.45, 7) is 5.76. The first-order valence-corrected chi connectivity index (χ1v) is 9.66. The normalized spacial score (nSPS) is 20.1. The monoisotopic (exact) mass is 382 g/mol. The molecule has 1 fully saturated rings. The lowest BCUT2D eigenvalue weighted by molar-refractivity contribution is -0.127. The van der Waals surface area contributed by atoms with E-state index in [0.29, 0.717) is 6.42 Å². The lowest BCUT2D eigenvalue weighted by Crippen LogP contribution is -2.30. The number of aromatic nitrogens is 2. The van der Waals surface area contributed by atoms with Crippen molar-refractivity contribution in [2.75, 3.05) is 27.2 Å². The molecule has 6 heteroatoms. The summed E-state index contributed by atoms with van der Waals surface area (Å²) in [4.78, 5) is 14.2. The summed E-state index contributed by atoms with van der Waals surface area (Å²) in [7, 11) is 5.51.